The Morgan fingerprint density at radius 3 is 2.29 bits per heavy atom. The molecule has 1 N–H and O–H groups in total. The number of hydrogen-bond donors (Lipinski definition) is 1. The highest BCUT2D eigenvalue weighted by molar-refractivity contribution is 6.30. The van der Waals surface area contributed by atoms with Crippen LogP contribution in [0.3, 0.4) is 0 Å². The Kier molecular flexibility index (Phi) is 13.0. The average Bonchev–Trinajstić information content (AvgIpc) is 2.78. The zero-order valence-electron chi connectivity index (χ0n) is 20.2. The normalized spacial score (nSPS) is 20.4. The van der Waals surface area contributed by atoms with Crippen LogP contribution in [0.25, 0.3) is 0 Å². The summed E-state index contributed by atoms with van der Waals surface area (Å²) in [5.74, 6) is 1.22. The molecule has 1 aliphatic carbocycles. The number of nitrogens with one attached hydrogen (secondary N) is 1. The van der Waals surface area contributed by atoms with Crippen molar-refractivity contribution >= 4 is 17.7 Å². The number of rotatable bonds is 9. The number of likely N-dealkylation sites (N-methyl/N-ethyl adjacent to an activating group) is 2. The van der Waals surface area contributed by atoms with Gasteiger partial charge in [0.2, 0.25) is 0 Å². The van der Waals surface area contributed by atoms with E-state index in [-0.39, 0.29) is 30.4 Å². The summed E-state index contributed by atoms with van der Waals surface area (Å²) in [5.41, 5.74) is 0. The van der Waals surface area contributed by atoms with Crippen LogP contribution in [-0.2, 0) is 9.47 Å². The van der Waals surface area contributed by atoms with Crippen LogP contribution in [0.5, 0.6) is 0 Å². The molecule has 1 saturated carbocycles. The second-order valence-electron chi connectivity index (χ2n) is 7.98. The third-order valence-corrected chi connectivity index (χ3v) is 5.77. The van der Waals surface area contributed by atoms with Crippen LogP contribution >= 0.6 is 11.6 Å². The number of halogens is 1. The summed E-state index contributed by atoms with van der Waals surface area (Å²) in [5, 5.41) is 3.87. The van der Waals surface area contributed by atoms with Gasteiger partial charge in [-0.05, 0) is 53.0 Å². The minimum Gasteiger partial charge on any atom is -0.447 e. The van der Waals surface area contributed by atoms with Gasteiger partial charge in [0, 0.05) is 31.4 Å². The first-order valence-corrected chi connectivity index (χ1v) is 11.9. The van der Waals surface area contributed by atoms with E-state index in [4.69, 9.17) is 21.1 Å². The number of ether oxygens (including phenoxy) is 2. The Balaban J connectivity index is 0.00000233. The highest BCUT2D eigenvalue weighted by Gasteiger charge is 2.31. The van der Waals surface area contributed by atoms with Gasteiger partial charge in [0.1, 0.15) is 5.82 Å². The summed E-state index contributed by atoms with van der Waals surface area (Å²) in [6.07, 6.45) is 7.83. The number of aromatic nitrogens is 2. The first-order valence-electron chi connectivity index (χ1n) is 11.5. The van der Waals surface area contributed by atoms with E-state index in [9.17, 15) is 4.79 Å². The third-order valence-electron chi connectivity index (χ3n) is 5.58. The molecule has 2 rings (SSSR count). The summed E-state index contributed by atoms with van der Waals surface area (Å²) in [4.78, 5) is 22.8. The Bertz CT molecular complexity index is 618. The quantitative estimate of drug-likeness (QED) is 0.560. The maximum atomic E-state index is 12.4. The Hall–Kier alpha value is -1.44. The predicted molar refractivity (Wildman–Crippen MR) is 126 cm³/mol. The molecule has 1 heterocycles. The van der Waals surface area contributed by atoms with Crippen molar-refractivity contribution in [3.63, 3.8) is 0 Å². The molecule has 178 valence electrons. The molecule has 8 heteroatoms. The van der Waals surface area contributed by atoms with E-state index in [1.54, 1.807) is 24.3 Å². The second kappa shape index (κ2) is 14.6. The van der Waals surface area contributed by atoms with Gasteiger partial charge in [0.15, 0.2) is 0 Å². The van der Waals surface area contributed by atoms with Gasteiger partial charge in [0.25, 0.3) is 0 Å². The zero-order chi connectivity index (χ0) is 23.4. The SMILES string of the molecule is CC.CCC(NC)C(COC1CCC(c2ncc(Cl)cn2)CC1)N(C)C(=O)OC(C)C. The molecule has 2 unspecified atom stereocenters. The van der Waals surface area contributed by atoms with E-state index in [0.29, 0.717) is 17.5 Å². The number of hydrogen-bond acceptors (Lipinski definition) is 6. The fraction of sp³-hybridized carbons (Fsp3) is 0.783. The summed E-state index contributed by atoms with van der Waals surface area (Å²) < 4.78 is 11.6. The molecular weight excluding hydrogens is 416 g/mol. The van der Waals surface area contributed by atoms with Crippen LogP contribution in [0.4, 0.5) is 4.79 Å². The molecule has 0 aliphatic heterocycles. The minimum absolute atomic E-state index is 0.0893. The molecule has 0 spiro atoms. The molecule has 0 bridgehead atoms. The van der Waals surface area contributed by atoms with Crippen molar-refractivity contribution in [3.05, 3.63) is 23.2 Å². The van der Waals surface area contributed by atoms with Crippen molar-refractivity contribution in [1.82, 2.24) is 20.2 Å². The molecular formula is C23H41ClN4O3. The molecule has 0 saturated heterocycles. The predicted octanol–water partition coefficient (Wildman–Crippen LogP) is 5.04. The molecule has 0 radical (unpaired) electrons. The maximum absolute atomic E-state index is 12.4. The van der Waals surface area contributed by atoms with Gasteiger partial charge in [-0.25, -0.2) is 14.8 Å². The van der Waals surface area contributed by atoms with Crippen molar-refractivity contribution in [2.75, 3.05) is 20.7 Å². The fourth-order valence-electron chi connectivity index (χ4n) is 3.84. The lowest BCUT2D eigenvalue weighted by Gasteiger charge is -2.36. The average molecular weight is 457 g/mol. The van der Waals surface area contributed by atoms with Crippen molar-refractivity contribution in [2.45, 2.75) is 96.9 Å². The standard InChI is InChI=1S/C21H35ClN4O3.C2H6/c1-6-18(23-4)19(26(5)21(27)29-14(2)3)13-28-17-9-7-15(8-10-17)20-24-11-16(22)12-25-20;1-2/h11-12,14-15,17-19,23H,6-10,13H2,1-5H3;1-2H3. The molecule has 7 nitrogen and oxygen atoms in total. The van der Waals surface area contributed by atoms with Gasteiger partial charge >= 0.3 is 6.09 Å². The summed E-state index contributed by atoms with van der Waals surface area (Å²) >= 11 is 5.88. The number of carbonyl (C=O) groups is 1. The van der Waals surface area contributed by atoms with E-state index in [2.05, 4.69) is 22.2 Å². The number of carbonyl (C=O) groups excluding carboxylic acids is 1. The topological polar surface area (TPSA) is 76.6 Å². The number of amides is 1. The monoisotopic (exact) mass is 456 g/mol. The largest absolute Gasteiger partial charge is 0.447 e. The van der Waals surface area contributed by atoms with Crippen molar-refractivity contribution in [3.8, 4) is 0 Å². The van der Waals surface area contributed by atoms with Crippen LogP contribution in [0, 0.1) is 0 Å². The van der Waals surface area contributed by atoms with E-state index in [1.807, 2.05) is 34.7 Å². The molecule has 2 atom stereocenters. The number of nitrogens with zero attached hydrogens (tertiary/aromatic N) is 3. The molecule has 1 fully saturated rings. The first-order chi connectivity index (χ1) is 14.8. The minimum atomic E-state index is -0.314. The summed E-state index contributed by atoms with van der Waals surface area (Å²) in [7, 11) is 3.70. The second-order valence-corrected chi connectivity index (χ2v) is 8.42. The van der Waals surface area contributed by atoms with E-state index in [1.165, 1.54) is 0 Å². The maximum Gasteiger partial charge on any atom is 0.410 e. The van der Waals surface area contributed by atoms with E-state index in [0.717, 1.165) is 37.9 Å². The Morgan fingerprint density at radius 1 is 1.23 bits per heavy atom. The molecule has 1 amide bonds. The zero-order valence-corrected chi connectivity index (χ0v) is 21.0. The molecule has 1 aromatic heterocycles. The van der Waals surface area contributed by atoms with Gasteiger partial charge in [-0.1, -0.05) is 32.4 Å². The lowest BCUT2D eigenvalue weighted by molar-refractivity contribution is -0.0179. The molecule has 1 aliphatic rings. The third kappa shape index (κ3) is 8.91. The van der Waals surface area contributed by atoms with Gasteiger partial charge in [-0.15, -0.1) is 0 Å². The van der Waals surface area contributed by atoms with E-state index < -0.39 is 0 Å². The van der Waals surface area contributed by atoms with Crippen LogP contribution in [0.15, 0.2) is 12.4 Å². The van der Waals surface area contributed by atoms with Crippen molar-refractivity contribution < 1.29 is 14.3 Å². The van der Waals surface area contributed by atoms with Crippen LogP contribution < -0.4 is 5.32 Å². The van der Waals surface area contributed by atoms with Gasteiger partial charge in [-0.2, -0.15) is 0 Å². The highest BCUT2D eigenvalue weighted by Crippen LogP contribution is 2.32. The molecule has 1 aromatic rings. The Morgan fingerprint density at radius 2 is 1.81 bits per heavy atom. The van der Waals surface area contributed by atoms with Crippen LogP contribution in [-0.4, -0.2) is 66.0 Å². The van der Waals surface area contributed by atoms with Crippen molar-refractivity contribution in [2.24, 2.45) is 0 Å². The van der Waals surface area contributed by atoms with Gasteiger partial charge < -0.3 is 19.7 Å². The molecule has 31 heavy (non-hydrogen) atoms. The lowest BCUT2D eigenvalue weighted by Crippen LogP contribution is -2.53. The summed E-state index contributed by atoms with van der Waals surface area (Å²) in [6.45, 7) is 10.3. The lowest BCUT2D eigenvalue weighted by atomic mass is 9.86. The van der Waals surface area contributed by atoms with E-state index >= 15 is 0 Å². The fourth-order valence-corrected chi connectivity index (χ4v) is 3.94. The van der Waals surface area contributed by atoms with Gasteiger partial charge in [0.05, 0.1) is 29.9 Å². The summed E-state index contributed by atoms with van der Waals surface area (Å²) in [6, 6.07) is 0.0482. The van der Waals surface area contributed by atoms with Gasteiger partial charge in [-0.3, -0.25) is 0 Å². The Labute approximate surface area is 193 Å². The highest BCUT2D eigenvalue weighted by atomic mass is 35.5. The van der Waals surface area contributed by atoms with Crippen LogP contribution in [0.1, 0.15) is 78.5 Å². The smallest absolute Gasteiger partial charge is 0.410 e. The van der Waals surface area contributed by atoms with Crippen LogP contribution in [0.2, 0.25) is 5.02 Å². The first kappa shape index (κ1) is 27.6. The molecule has 0 aromatic carbocycles. The van der Waals surface area contributed by atoms with Crippen molar-refractivity contribution in [1.29, 1.82) is 0 Å².